The van der Waals surface area contributed by atoms with Crippen LogP contribution in [-0.2, 0) is 17.8 Å². The summed E-state index contributed by atoms with van der Waals surface area (Å²) in [7, 11) is 6.37. The Bertz CT molecular complexity index is 469. The van der Waals surface area contributed by atoms with Crippen molar-refractivity contribution in [2.45, 2.75) is 26.9 Å². The Morgan fingerprint density at radius 2 is 1.91 bits per heavy atom. The first-order chi connectivity index (χ1) is 10.8. The maximum atomic E-state index is 5.44. The molecule has 0 atom stereocenters. The largest absolute Gasteiger partial charge is 0.379 e. The summed E-state index contributed by atoms with van der Waals surface area (Å²) in [5, 5.41) is 3.40. The van der Waals surface area contributed by atoms with Gasteiger partial charge < -0.3 is 9.64 Å². The number of morpholine rings is 1. The van der Waals surface area contributed by atoms with Gasteiger partial charge in [0.2, 0.25) is 0 Å². The van der Waals surface area contributed by atoms with Gasteiger partial charge in [-0.05, 0) is 26.6 Å². The molecular weight excluding hydrogens is 308 g/mol. The van der Waals surface area contributed by atoms with Gasteiger partial charge in [-0.25, -0.2) is 4.98 Å². The maximum absolute atomic E-state index is 5.44. The van der Waals surface area contributed by atoms with E-state index in [-0.39, 0.29) is 5.41 Å². The lowest BCUT2D eigenvalue weighted by atomic mass is 9.92. The van der Waals surface area contributed by atoms with Crippen LogP contribution in [0.25, 0.3) is 0 Å². The van der Waals surface area contributed by atoms with Crippen LogP contribution < -0.4 is 0 Å². The van der Waals surface area contributed by atoms with E-state index in [4.69, 9.17) is 9.72 Å². The predicted molar refractivity (Wildman–Crippen MR) is 96.9 cm³/mol. The van der Waals surface area contributed by atoms with Crippen molar-refractivity contribution < 1.29 is 4.74 Å². The number of hydrogen-bond donors (Lipinski definition) is 0. The van der Waals surface area contributed by atoms with E-state index in [0.29, 0.717) is 0 Å². The minimum atomic E-state index is 0.272. The molecule has 2 heterocycles. The van der Waals surface area contributed by atoms with Crippen LogP contribution in [-0.4, -0.2) is 80.2 Å². The lowest BCUT2D eigenvalue weighted by Gasteiger charge is -2.37. The number of ether oxygens (including phenoxy) is 1. The lowest BCUT2D eigenvalue weighted by molar-refractivity contribution is 0.0160. The molecule has 132 valence electrons. The van der Waals surface area contributed by atoms with Crippen LogP contribution >= 0.6 is 11.3 Å². The van der Waals surface area contributed by atoms with Gasteiger partial charge >= 0.3 is 0 Å². The van der Waals surface area contributed by atoms with E-state index in [1.165, 1.54) is 10.7 Å². The second-order valence-corrected chi connectivity index (χ2v) is 8.64. The molecule has 0 unspecified atom stereocenters. The third-order valence-electron chi connectivity index (χ3n) is 3.94. The summed E-state index contributed by atoms with van der Waals surface area (Å²) in [5.41, 5.74) is 1.46. The van der Waals surface area contributed by atoms with E-state index in [9.17, 15) is 0 Å². The van der Waals surface area contributed by atoms with Crippen molar-refractivity contribution in [2.75, 3.05) is 60.5 Å². The molecule has 0 N–H and O–H groups in total. The van der Waals surface area contributed by atoms with E-state index in [2.05, 4.69) is 55.1 Å². The molecule has 1 fully saturated rings. The smallest absolute Gasteiger partial charge is 0.107 e. The molecule has 1 aliphatic rings. The van der Waals surface area contributed by atoms with Gasteiger partial charge in [0, 0.05) is 44.6 Å². The van der Waals surface area contributed by atoms with Crippen LogP contribution in [0.3, 0.4) is 0 Å². The zero-order valence-electron chi connectivity index (χ0n) is 15.3. The molecule has 1 aliphatic heterocycles. The van der Waals surface area contributed by atoms with Crippen molar-refractivity contribution in [2.24, 2.45) is 5.41 Å². The van der Waals surface area contributed by atoms with Crippen LogP contribution in [0, 0.1) is 5.41 Å². The molecule has 6 heteroatoms. The summed E-state index contributed by atoms with van der Waals surface area (Å²) in [6.07, 6.45) is 0. The quantitative estimate of drug-likeness (QED) is 0.723. The van der Waals surface area contributed by atoms with Crippen LogP contribution in [0.4, 0.5) is 0 Å². The minimum Gasteiger partial charge on any atom is -0.379 e. The Balaban J connectivity index is 1.80. The SMILES string of the molecule is CN(C)Cc1nc(CN(C)CC(C)(C)CN2CCOCC2)cs1. The van der Waals surface area contributed by atoms with Crippen LogP contribution in [0.1, 0.15) is 24.5 Å². The summed E-state index contributed by atoms with van der Waals surface area (Å²) in [5.74, 6) is 0. The highest BCUT2D eigenvalue weighted by Crippen LogP contribution is 2.21. The molecule has 0 amide bonds. The summed E-state index contributed by atoms with van der Waals surface area (Å²) in [6.45, 7) is 12.6. The minimum absolute atomic E-state index is 0.272. The van der Waals surface area contributed by atoms with Crippen molar-refractivity contribution in [1.29, 1.82) is 0 Å². The fourth-order valence-electron chi connectivity index (χ4n) is 3.24. The predicted octanol–water partition coefficient (Wildman–Crippen LogP) is 1.99. The van der Waals surface area contributed by atoms with Gasteiger partial charge in [0.15, 0.2) is 0 Å². The van der Waals surface area contributed by atoms with Gasteiger partial charge in [0.25, 0.3) is 0 Å². The van der Waals surface area contributed by atoms with Gasteiger partial charge in [-0.15, -0.1) is 11.3 Å². The first-order valence-corrected chi connectivity index (χ1v) is 9.29. The third-order valence-corrected chi connectivity index (χ3v) is 4.82. The topological polar surface area (TPSA) is 31.8 Å². The highest BCUT2D eigenvalue weighted by molar-refractivity contribution is 7.09. The average molecular weight is 341 g/mol. The summed E-state index contributed by atoms with van der Waals surface area (Å²) in [4.78, 5) is 11.8. The first-order valence-electron chi connectivity index (χ1n) is 8.41. The Morgan fingerprint density at radius 3 is 2.57 bits per heavy atom. The number of thiazole rings is 1. The molecule has 23 heavy (non-hydrogen) atoms. The molecule has 0 bridgehead atoms. The molecular formula is C17H32N4OS. The Hall–Kier alpha value is -0.530. The van der Waals surface area contributed by atoms with E-state index in [1.54, 1.807) is 11.3 Å². The zero-order chi connectivity index (χ0) is 16.9. The zero-order valence-corrected chi connectivity index (χ0v) is 16.2. The first kappa shape index (κ1) is 18.8. The van der Waals surface area contributed by atoms with Gasteiger partial charge in [0.05, 0.1) is 18.9 Å². The third kappa shape index (κ3) is 6.85. The van der Waals surface area contributed by atoms with Crippen molar-refractivity contribution >= 4 is 11.3 Å². The van der Waals surface area contributed by atoms with E-state index >= 15 is 0 Å². The molecule has 1 aromatic rings. The molecule has 0 saturated carbocycles. The highest BCUT2D eigenvalue weighted by atomic mass is 32.1. The molecule has 2 rings (SSSR count). The van der Waals surface area contributed by atoms with Gasteiger partial charge in [-0.3, -0.25) is 9.80 Å². The molecule has 1 saturated heterocycles. The van der Waals surface area contributed by atoms with Crippen LogP contribution in [0.2, 0.25) is 0 Å². The van der Waals surface area contributed by atoms with Crippen LogP contribution in [0.5, 0.6) is 0 Å². The van der Waals surface area contributed by atoms with Gasteiger partial charge in [0.1, 0.15) is 5.01 Å². The summed E-state index contributed by atoms with van der Waals surface area (Å²) < 4.78 is 5.44. The van der Waals surface area contributed by atoms with Crippen LogP contribution in [0.15, 0.2) is 5.38 Å². The summed E-state index contributed by atoms with van der Waals surface area (Å²) >= 11 is 1.76. The molecule has 0 aliphatic carbocycles. The maximum Gasteiger partial charge on any atom is 0.107 e. The fraction of sp³-hybridized carbons (Fsp3) is 0.824. The van der Waals surface area contributed by atoms with E-state index in [0.717, 1.165) is 52.5 Å². The molecule has 1 aromatic heterocycles. The average Bonchev–Trinajstić information content (AvgIpc) is 2.84. The highest BCUT2D eigenvalue weighted by Gasteiger charge is 2.25. The normalized spacial score (nSPS) is 17.3. The van der Waals surface area contributed by atoms with Crippen molar-refractivity contribution in [3.8, 4) is 0 Å². The Labute approximate surface area is 145 Å². The molecule has 5 nitrogen and oxygen atoms in total. The number of aromatic nitrogens is 1. The van der Waals surface area contributed by atoms with Crippen molar-refractivity contribution in [1.82, 2.24) is 19.7 Å². The van der Waals surface area contributed by atoms with Gasteiger partial charge in [-0.2, -0.15) is 0 Å². The number of hydrogen-bond acceptors (Lipinski definition) is 6. The number of rotatable bonds is 8. The van der Waals surface area contributed by atoms with Crippen molar-refractivity contribution in [3.63, 3.8) is 0 Å². The second-order valence-electron chi connectivity index (χ2n) is 7.70. The molecule has 0 radical (unpaired) electrons. The fourth-order valence-corrected chi connectivity index (χ4v) is 4.14. The molecule has 0 spiro atoms. The second kappa shape index (κ2) is 8.53. The van der Waals surface area contributed by atoms with Crippen molar-refractivity contribution in [3.05, 3.63) is 16.1 Å². The Kier molecular flexibility index (Phi) is 6.98. The lowest BCUT2D eigenvalue weighted by Crippen LogP contribution is -2.45. The standard InChI is InChI=1S/C17H32N4OS/c1-17(2,14-21-6-8-22-9-7-21)13-20(5)10-15-12-23-16(18-15)11-19(3)4/h12H,6-11,13-14H2,1-5H3. The Morgan fingerprint density at radius 1 is 1.22 bits per heavy atom. The van der Waals surface area contributed by atoms with E-state index in [1.807, 2.05) is 0 Å². The summed E-state index contributed by atoms with van der Waals surface area (Å²) in [6, 6.07) is 0. The monoisotopic (exact) mass is 340 g/mol. The van der Waals surface area contributed by atoms with Gasteiger partial charge in [-0.1, -0.05) is 13.8 Å². The molecule has 0 aromatic carbocycles. The van der Waals surface area contributed by atoms with E-state index < -0.39 is 0 Å². The number of nitrogens with zero attached hydrogens (tertiary/aromatic N) is 4.